The van der Waals surface area contributed by atoms with Crippen LogP contribution in [0.1, 0.15) is 16.1 Å². The summed E-state index contributed by atoms with van der Waals surface area (Å²) in [7, 11) is 1.33. The fraction of sp³-hybridized carbons (Fsp3) is 0.154. The molecule has 2 N–H and O–H groups in total. The van der Waals surface area contributed by atoms with Crippen molar-refractivity contribution in [2.24, 2.45) is 0 Å². The van der Waals surface area contributed by atoms with Crippen molar-refractivity contribution in [3.8, 4) is 0 Å². The maximum atomic E-state index is 11.4. The van der Waals surface area contributed by atoms with Gasteiger partial charge in [-0.05, 0) is 18.2 Å². The highest BCUT2D eigenvalue weighted by Gasteiger charge is 2.15. The molecule has 0 unspecified atom stereocenters. The number of hydrogen-bond acceptors (Lipinski definition) is 5. The Kier molecular flexibility index (Phi) is 3.94. The number of carbonyl (C=O) groups excluding carboxylic acids is 1. The molecule has 0 atom stereocenters. The Bertz CT molecular complexity index is 551. The van der Waals surface area contributed by atoms with E-state index in [2.05, 4.69) is 4.74 Å². The van der Waals surface area contributed by atoms with Crippen molar-refractivity contribution in [3.05, 3.63) is 47.9 Å². The van der Waals surface area contributed by atoms with Crippen LogP contribution in [0.3, 0.4) is 0 Å². The molecule has 1 heterocycles. The Morgan fingerprint density at radius 3 is 2.89 bits per heavy atom. The standard InChI is InChI=1S/C13H13NO3S/c1-16-13(15)12-9(6-7-17-12)8-18-11-5-3-2-4-10(11)14/h2-7H,8,14H2,1H3. The fourth-order valence-electron chi connectivity index (χ4n) is 1.49. The van der Waals surface area contributed by atoms with Crippen LogP contribution >= 0.6 is 11.8 Å². The second-order valence-electron chi connectivity index (χ2n) is 3.59. The van der Waals surface area contributed by atoms with E-state index in [0.29, 0.717) is 5.75 Å². The van der Waals surface area contributed by atoms with Crippen LogP contribution in [0.4, 0.5) is 5.69 Å². The van der Waals surface area contributed by atoms with Crippen LogP contribution in [0, 0.1) is 0 Å². The summed E-state index contributed by atoms with van der Waals surface area (Å²) in [6.07, 6.45) is 1.48. The Morgan fingerprint density at radius 1 is 1.39 bits per heavy atom. The summed E-state index contributed by atoms with van der Waals surface area (Å²) in [5.74, 6) is 0.394. The zero-order valence-corrected chi connectivity index (χ0v) is 10.7. The van der Waals surface area contributed by atoms with Crippen LogP contribution in [0.15, 0.2) is 45.9 Å². The zero-order chi connectivity index (χ0) is 13.0. The Balaban J connectivity index is 2.09. The van der Waals surface area contributed by atoms with Gasteiger partial charge in [0.2, 0.25) is 5.76 Å². The summed E-state index contributed by atoms with van der Waals surface area (Å²) in [6, 6.07) is 9.36. The number of nitrogen functional groups attached to an aromatic ring is 1. The van der Waals surface area contributed by atoms with Gasteiger partial charge in [-0.3, -0.25) is 0 Å². The van der Waals surface area contributed by atoms with Gasteiger partial charge in [0.05, 0.1) is 13.4 Å². The molecule has 0 fully saturated rings. The molecule has 1 aromatic heterocycles. The van der Waals surface area contributed by atoms with Gasteiger partial charge in [0.1, 0.15) is 0 Å². The first-order valence-corrected chi connectivity index (χ1v) is 6.33. The monoisotopic (exact) mass is 263 g/mol. The number of anilines is 1. The molecule has 0 amide bonds. The molecule has 18 heavy (non-hydrogen) atoms. The number of para-hydroxylation sites is 1. The van der Waals surface area contributed by atoms with Crippen molar-refractivity contribution >= 4 is 23.4 Å². The van der Waals surface area contributed by atoms with Crippen molar-refractivity contribution in [1.29, 1.82) is 0 Å². The van der Waals surface area contributed by atoms with Gasteiger partial charge in [-0.25, -0.2) is 4.79 Å². The minimum absolute atomic E-state index is 0.250. The molecule has 0 aliphatic carbocycles. The first-order valence-electron chi connectivity index (χ1n) is 5.34. The van der Waals surface area contributed by atoms with Crippen molar-refractivity contribution in [2.45, 2.75) is 10.6 Å². The van der Waals surface area contributed by atoms with E-state index in [1.54, 1.807) is 17.8 Å². The van der Waals surface area contributed by atoms with Crippen molar-refractivity contribution < 1.29 is 13.9 Å². The maximum absolute atomic E-state index is 11.4. The molecular weight excluding hydrogens is 250 g/mol. The van der Waals surface area contributed by atoms with Crippen LogP contribution in [-0.2, 0) is 10.5 Å². The summed E-state index contributed by atoms with van der Waals surface area (Å²) in [5, 5.41) is 0. The van der Waals surface area contributed by atoms with E-state index in [0.717, 1.165) is 16.1 Å². The van der Waals surface area contributed by atoms with Gasteiger partial charge < -0.3 is 14.9 Å². The number of rotatable bonds is 4. The highest BCUT2D eigenvalue weighted by Crippen LogP contribution is 2.29. The number of hydrogen-bond donors (Lipinski definition) is 1. The summed E-state index contributed by atoms with van der Waals surface area (Å²) < 4.78 is 9.76. The first kappa shape index (κ1) is 12.6. The second kappa shape index (κ2) is 5.64. The highest BCUT2D eigenvalue weighted by atomic mass is 32.2. The zero-order valence-electron chi connectivity index (χ0n) is 9.88. The SMILES string of the molecule is COC(=O)c1occc1CSc1ccccc1N. The van der Waals surface area contributed by atoms with E-state index in [1.165, 1.54) is 13.4 Å². The summed E-state index contributed by atoms with van der Waals surface area (Å²) in [5.41, 5.74) is 7.38. The van der Waals surface area contributed by atoms with Crippen LogP contribution in [0.2, 0.25) is 0 Å². The molecule has 0 saturated carbocycles. The predicted molar refractivity (Wildman–Crippen MR) is 70.5 cm³/mol. The number of benzene rings is 1. The van der Waals surface area contributed by atoms with E-state index < -0.39 is 5.97 Å². The number of methoxy groups -OCH3 is 1. The van der Waals surface area contributed by atoms with Gasteiger partial charge >= 0.3 is 5.97 Å². The number of ether oxygens (including phenoxy) is 1. The molecule has 0 radical (unpaired) electrons. The minimum atomic E-state index is -0.461. The van der Waals surface area contributed by atoms with E-state index >= 15 is 0 Å². The van der Waals surface area contributed by atoms with Crippen molar-refractivity contribution in [3.63, 3.8) is 0 Å². The lowest BCUT2D eigenvalue weighted by molar-refractivity contribution is 0.0564. The molecule has 2 rings (SSSR count). The first-order chi connectivity index (χ1) is 8.72. The Morgan fingerprint density at radius 2 is 2.17 bits per heavy atom. The Labute approximate surface area is 109 Å². The van der Waals surface area contributed by atoms with Gasteiger partial charge in [-0.1, -0.05) is 12.1 Å². The van der Waals surface area contributed by atoms with Gasteiger partial charge in [-0.2, -0.15) is 0 Å². The lowest BCUT2D eigenvalue weighted by atomic mass is 10.3. The van der Waals surface area contributed by atoms with Crippen LogP contribution in [0.5, 0.6) is 0 Å². The van der Waals surface area contributed by atoms with Gasteiger partial charge in [0, 0.05) is 21.9 Å². The van der Waals surface area contributed by atoms with Gasteiger partial charge in [-0.15, -0.1) is 11.8 Å². The number of thioether (sulfide) groups is 1. The van der Waals surface area contributed by atoms with Crippen molar-refractivity contribution in [1.82, 2.24) is 0 Å². The van der Waals surface area contributed by atoms with E-state index in [-0.39, 0.29) is 5.76 Å². The molecule has 1 aromatic carbocycles. The Hall–Kier alpha value is -1.88. The summed E-state index contributed by atoms with van der Waals surface area (Å²) in [4.78, 5) is 12.4. The lowest BCUT2D eigenvalue weighted by Crippen LogP contribution is -2.02. The molecule has 2 aromatic rings. The number of furan rings is 1. The molecule has 0 bridgehead atoms. The van der Waals surface area contributed by atoms with Crippen LogP contribution in [-0.4, -0.2) is 13.1 Å². The molecule has 5 heteroatoms. The fourth-order valence-corrected chi connectivity index (χ4v) is 2.44. The van der Waals surface area contributed by atoms with E-state index in [4.69, 9.17) is 10.2 Å². The maximum Gasteiger partial charge on any atom is 0.374 e. The molecule has 4 nitrogen and oxygen atoms in total. The molecule has 0 spiro atoms. The number of carbonyl (C=O) groups is 1. The van der Waals surface area contributed by atoms with E-state index in [9.17, 15) is 4.79 Å². The summed E-state index contributed by atoms with van der Waals surface area (Å²) >= 11 is 1.55. The van der Waals surface area contributed by atoms with Gasteiger partial charge in [0.15, 0.2) is 0 Å². The quantitative estimate of drug-likeness (QED) is 0.522. The lowest BCUT2D eigenvalue weighted by Gasteiger charge is -2.04. The molecule has 0 aliphatic heterocycles. The smallest absolute Gasteiger partial charge is 0.374 e. The third-order valence-electron chi connectivity index (χ3n) is 2.42. The second-order valence-corrected chi connectivity index (χ2v) is 4.61. The number of nitrogens with two attached hydrogens (primary N) is 1. The molecule has 94 valence electrons. The predicted octanol–water partition coefficient (Wildman–Crippen LogP) is 2.94. The van der Waals surface area contributed by atoms with Crippen molar-refractivity contribution in [2.75, 3.05) is 12.8 Å². The largest absolute Gasteiger partial charge is 0.463 e. The van der Waals surface area contributed by atoms with Crippen LogP contribution < -0.4 is 5.73 Å². The van der Waals surface area contributed by atoms with E-state index in [1.807, 2.05) is 24.3 Å². The highest BCUT2D eigenvalue weighted by molar-refractivity contribution is 7.98. The third-order valence-corrected chi connectivity index (χ3v) is 3.56. The average molecular weight is 263 g/mol. The van der Waals surface area contributed by atoms with Gasteiger partial charge in [0.25, 0.3) is 0 Å². The summed E-state index contributed by atoms with van der Waals surface area (Å²) in [6.45, 7) is 0. The topological polar surface area (TPSA) is 65.5 Å². The number of esters is 1. The normalized spacial score (nSPS) is 10.3. The average Bonchev–Trinajstić information content (AvgIpc) is 2.85. The molecule has 0 saturated heterocycles. The van der Waals surface area contributed by atoms with Crippen LogP contribution in [0.25, 0.3) is 0 Å². The molecule has 0 aliphatic rings. The minimum Gasteiger partial charge on any atom is -0.463 e. The molecular formula is C13H13NO3S. The third kappa shape index (κ3) is 2.68.